The van der Waals surface area contributed by atoms with E-state index in [-0.39, 0.29) is 11.5 Å². The number of hydrogen-bond donors (Lipinski definition) is 1. The number of nitro groups is 1. The number of nitro benzene ring substituents is 1. The van der Waals surface area contributed by atoms with Gasteiger partial charge in [0, 0.05) is 12.1 Å². The molecule has 0 radical (unpaired) electrons. The minimum absolute atomic E-state index is 0.313. The van der Waals surface area contributed by atoms with Gasteiger partial charge in [0.2, 0.25) is 5.75 Å². The van der Waals surface area contributed by atoms with Crippen molar-refractivity contribution >= 4 is 15.8 Å². The van der Waals surface area contributed by atoms with Gasteiger partial charge in [-0.3, -0.25) is 10.1 Å². The van der Waals surface area contributed by atoms with E-state index in [9.17, 15) is 18.5 Å². The smallest absolute Gasteiger partial charge is 0.312 e. The molecule has 0 fully saturated rings. The highest BCUT2D eigenvalue weighted by Crippen LogP contribution is 2.31. The molecule has 0 aliphatic rings. The first-order valence-corrected chi connectivity index (χ1v) is 5.83. The van der Waals surface area contributed by atoms with Crippen molar-refractivity contribution in [1.82, 2.24) is 0 Å². The lowest BCUT2D eigenvalue weighted by molar-refractivity contribution is -0.385. The molecule has 0 unspecified atom stereocenters. The average molecular weight is 247 g/mol. The minimum atomic E-state index is -3.86. The third-order valence-corrected chi connectivity index (χ3v) is 2.85. The van der Waals surface area contributed by atoms with Gasteiger partial charge in [-0.05, 0) is 13.0 Å². The van der Waals surface area contributed by atoms with E-state index in [4.69, 9.17) is 5.11 Å². The minimum Gasteiger partial charge on any atom is -0.508 e. The van der Waals surface area contributed by atoms with Crippen molar-refractivity contribution in [3.05, 3.63) is 28.3 Å². The van der Waals surface area contributed by atoms with E-state index < -0.39 is 26.5 Å². The standard InChI is InChI=1S/C8H9NO6S/c1-2-16(13,14)15-8-5-6(10)3-4-7(8)9(11)12/h3-5,10H,2H2,1H3. The molecule has 1 rings (SSSR count). The summed E-state index contributed by atoms with van der Waals surface area (Å²) >= 11 is 0. The molecule has 1 aromatic rings. The van der Waals surface area contributed by atoms with Gasteiger partial charge in [-0.2, -0.15) is 8.42 Å². The van der Waals surface area contributed by atoms with E-state index >= 15 is 0 Å². The summed E-state index contributed by atoms with van der Waals surface area (Å²) in [5.74, 6) is -1.13. The Hall–Kier alpha value is -1.83. The predicted molar refractivity (Wildman–Crippen MR) is 54.9 cm³/mol. The zero-order valence-electron chi connectivity index (χ0n) is 8.28. The summed E-state index contributed by atoms with van der Waals surface area (Å²) in [6.07, 6.45) is 0. The van der Waals surface area contributed by atoms with Crippen LogP contribution < -0.4 is 4.18 Å². The third-order valence-electron chi connectivity index (χ3n) is 1.71. The maximum Gasteiger partial charge on any atom is 0.312 e. The molecule has 8 heteroatoms. The topological polar surface area (TPSA) is 107 Å². The van der Waals surface area contributed by atoms with Crippen LogP contribution in [-0.2, 0) is 10.1 Å². The third kappa shape index (κ3) is 2.83. The summed E-state index contributed by atoms with van der Waals surface area (Å²) < 4.78 is 26.8. The Morgan fingerprint density at radius 1 is 1.50 bits per heavy atom. The molecule has 1 N–H and O–H groups in total. The van der Waals surface area contributed by atoms with Crippen molar-refractivity contribution in [2.75, 3.05) is 5.75 Å². The Kier molecular flexibility index (Phi) is 3.33. The molecule has 0 saturated carbocycles. The highest BCUT2D eigenvalue weighted by atomic mass is 32.2. The Morgan fingerprint density at radius 3 is 2.62 bits per heavy atom. The first kappa shape index (κ1) is 12.2. The van der Waals surface area contributed by atoms with E-state index in [0.29, 0.717) is 0 Å². The molecule has 0 aromatic heterocycles. The fraction of sp³-hybridized carbons (Fsp3) is 0.250. The number of nitrogens with zero attached hydrogens (tertiary/aromatic N) is 1. The lowest BCUT2D eigenvalue weighted by Crippen LogP contribution is -2.12. The van der Waals surface area contributed by atoms with Gasteiger partial charge in [0.15, 0.2) is 0 Å². The zero-order valence-corrected chi connectivity index (χ0v) is 9.10. The molecule has 16 heavy (non-hydrogen) atoms. The van der Waals surface area contributed by atoms with Crippen molar-refractivity contribution in [2.45, 2.75) is 6.92 Å². The lowest BCUT2D eigenvalue weighted by atomic mass is 10.3. The van der Waals surface area contributed by atoms with E-state index in [2.05, 4.69) is 4.18 Å². The fourth-order valence-corrected chi connectivity index (χ4v) is 1.44. The quantitative estimate of drug-likeness (QED) is 0.483. The molecule has 0 aliphatic heterocycles. The molecule has 0 amide bonds. The van der Waals surface area contributed by atoms with Crippen molar-refractivity contribution in [2.24, 2.45) is 0 Å². The Bertz CT molecular complexity index is 509. The molecular formula is C8H9NO6S. The van der Waals surface area contributed by atoms with Gasteiger partial charge < -0.3 is 9.29 Å². The van der Waals surface area contributed by atoms with Crippen LogP contribution in [-0.4, -0.2) is 24.2 Å². The zero-order chi connectivity index (χ0) is 12.3. The molecule has 0 saturated heterocycles. The van der Waals surface area contributed by atoms with Gasteiger partial charge >= 0.3 is 15.8 Å². The van der Waals surface area contributed by atoms with Crippen LogP contribution in [0.15, 0.2) is 18.2 Å². The summed E-state index contributed by atoms with van der Waals surface area (Å²) in [7, 11) is -3.86. The van der Waals surface area contributed by atoms with Crippen molar-refractivity contribution in [3.63, 3.8) is 0 Å². The number of benzene rings is 1. The monoisotopic (exact) mass is 247 g/mol. The van der Waals surface area contributed by atoms with Crippen LogP contribution in [0.5, 0.6) is 11.5 Å². The van der Waals surface area contributed by atoms with E-state index in [0.717, 1.165) is 18.2 Å². The SMILES string of the molecule is CCS(=O)(=O)Oc1cc(O)ccc1[N+](=O)[O-]. The normalized spacial score (nSPS) is 11.1. The molecule has 0 atom stereocenters. The van der Waals surface area contributed by atoms with Gasteiger partial charge in [0.05, 0.1) is 10.7 Å². The van der Waals surface area contributed by atoms with Crippen molar-refractivity contribution in [3.8, 4) is 11.5 Å². The molecule has 7 nitrogen and oxygen atoms in total. The molecule has 88 valence electrons. The van der Waals surface area contributed by atoms with Crippen molar-refractivity contribution < 1.29 is 22.6 Å². The Labute approximate surface area is 91.6 Å². The summed E-state index contributed by atoms with van der Waals surface area (Å²) in [6, 6.07) is 2.92. The maximum atomic E-state index is 11.1. The maximum absolute atomic E-state index is 11.1. The predicted octanol–water partition coefficient (Wildman–Crippen LogP) is 1.03. The van der Waals surface area contributed by atoms with Crippen LogP contribution in [0.1, 0.15) is 6.92 Å². The second-order valence-electron chi connectivity index (χ2n) is 2.84. The van der Waals surface area contributed by atoms with E-state index in [1.165, 1.54) is 6.92 Å². The molecule has 1 aromatic carbocycles. The second-order valence-corrected chi connectivity index (χ2v) is 4.70. The highest BCUT2D eigenvalue weighted by molar-refractivity contribution is 7.87. The summed E-state index contributed by atoms with van der Waals surface area (Å²) in [4.78, 5) is 9.76. The average Bonchev–Trinajstić information content (AvgIpc) is 2.16. The van der Waals surface area contributed by atoms with E-state index in [1.54, 1.807) is 0 Å². The lowest BCUT2D eigenvalue weighted by Gasteiger charge is -2.05. The van der Waals surface area contributed by atoms with Gasteiger partial charge in [-0.1, -0.05) is 0 Å². The highest BCUT2D eigenvalue weighted by Gasteiger charge is 2.20. The number of phenols is 1. The van der Waals surface area contributed by atoms with Crippen LogP contribution in [0.3, 0.4) is 0 Å². The molecule has 0 bridgehead atoms. The molecule has 0 aliphatic carbocycles. The van der Waals surface area contributed by atoms with Crippen LogP contribution in [0.2, 0.25) is 0 Å². The summed E-state index contributed by atoms with van der Waals surface area (Å²) in [6.45, 7) is 1.34. The van der Waals surface area contributed by atoms with Gasteiger partial charge in [0.1, 0.15) is 5.75 Å². The van der Waals surface area contributed by atoms with E-state index in [1.807, 2.05) is 0 Å². The number of hydrogen-bond acceptors (Lipinski definition) is 6. The number of aromatic hydroxyl groups is 1. The molecular weight excluding hydrogens is 238 g/mol. The molecule has 0 heterocycles. The van der Waals surface area contributed by atoms with Crippen LogP contribution in [0, 0.1) is 10.1 Å². The van der Waals surface area contributed by atoms with Crippen molar-refractivity contribution in [1.29, 1.82) is 0 Å². The van der Waals surface area contributed by atoms with Gasteiger partial charge in [-0.15, -0.1) is 0 Å². The second kappa shape index (κ2) is 4.35. The van der Waals surface area contributed by atoms with Crippen LogP contribution in [0.25, 0.3) is 0 Å². The number of rotatable bonds is 4. The van der Waals surface area contributed by atoms with Crippen LogP contribution in [0.4, 0.5) is 5.69 Å². The molecule has 0 spiro atoms. The van der Waals surface area contributed by atoms with Gasteiger partial charge in [-0.25, -0.2) is 0 Å². The largest absolute Gasteiger partial charge is 0.508 e. The van der Waals surface area contributed by atoms with Crippen LogP contribution >= 0.6 is 0 Å². The number of phenolic OH excluding ortho intramolecular Hbond substituents is 1. The van der Waals surface area contributed by atoms with Gasteiger partial charge in [0.25, 0.3) is 0 Å². The first-order valence-electron chi connectivity index (χ1n) is 4.25. The summed E-state index contributed by atoms with van der Waals surface area (Å²) in [5, 5.41) is 19.6. The first-order chi connectivity index (χ1) is 7.35. The Morgan fingerprint density at radius 2 is 2.12 bits per heavy atom. The fourth-order valence-electron chi connectivity index (χ4n) is 0.916. The summed E-state index contributed by atoms with van der Waals surface area (Å²) in [5.41, 5.74) is -0.519. The Balaban J connectivity index is 3.21.